The fourth-order valence-electron chi connectivity index (χ4n) is 3.68. The maximum Gasteiger partial charge on any atom is 0.242 e. The number of para-hydroxylation sites is 1. The van der Waals surface area contributed by atoms with E-state index in [1.807, 2.05) is 29.2 Å². The van der Waals surface area contributed by atoms with E-state index in [9.17, 15) is 9.59 Å². The van der Waals surface area contributed by atoms with Crippen LogP contribution >= 0.6 is 15.9 Å². The number of nitrogens with zero attached hydrogens (tertiary/aromatic N) is 1. The van der Waals surface area contributed by atoms with Crippen molar-refractivity contribution in [2.24, 2.45) is 11.7 Å². The summed E-state index contributed by atoms with van der Waals surface area (Å²) in [5.41, 5.74) is 6.39. The standard InChI is InChI=1S/C18H24BrN3O2/c19-14-5-1-2-6-15(14)21-16(23)13-7-11-22(12-8-13)17(24)18(20)9-3-4-10-18/h1-2,5-6,13H,3-4,7-12,20H2,(H,21,23). The first-order valence-electron chi connectivity index (χ1n) is 8.63. The summed E-state index contributed by atoms with van der Waals surface area (Å²) in [5, 5.41) is 2.97. The van der Waals surface area contributed by atoms with Crippen molar-refractivity contribution in [3.05, 3.63) is 28.7 Å². The number of halogens is 1. The maximum atomic E-state index is 12.6. The van der Waals surface area contributed by atoms with Gasteiger partial charge in [0.15, 0.2) is 0 Å². The minimum Gasteiger partial charge on any atom is -0.341 e. The number of piperidine rings is 1. The second kappa shape index (κ2) is 7.23. The van der Waals surface area contributed by atoms with Crippen LogP contribution in [-0.4, -0.2) is 35.3 Å². The van der Waals surface area contributed by atoms with Crippen LogP contribution in [0.2, 0.25) is 0 Å². The number of nitrogens with two attached hydrogens (primary N) is 1. The molecule has 0 bridgehead atoms. The van der Waals surface area contributed by atoms with E-state index in [1.54, 1.807) is 0 Å². The average molecular weight is 394 g/mol. The molecule has 1 aliphatic heterocycles. The number of likely N-dealkylation sites (tertiary alicyclic amines) is 1. The molecule has 1 aromatic rings. The van der Waals surface area contributed by atoms with Gasteiger partial charge in [0.2, 0.25) is 11.8 Å². The van der Waals surface area contributed by atoms with Crippen LogP contribution in [0.25, 0.3) is 0 Å². The Balaban J connectivity index is 1.54. The molecule has 2 aliphatic rings. The highest BCUT2D eigenvalue weighted by molar-refractivity contribution is 9.10. The van der Waals surface area contributed by atoms with Crippen molar-refractivity contribution in [2.45, 2.75) is 44.1 Å². The van der Waals surface area contributed by atoms with E-state index in [4.69, 9.17) is 5.73 Å². The first-order valence-corrected chi connectivity index (χ1v) is 9.42. The van der Waals surface area contributed by atoms with Crippen molar-refractivity contribution in [3.63, 3.8) is 0 Å². The first-order chi connectivity index (χ1) is 11.5. The van der Waals surface area contributed by atoms with Crippen LogP contribution in [0.5, 0.6) is 0 Å². The molecular weight excluding hydrogens is 370 g/mol. The lowest BCUT2D eigenvalue weighted by atomic mass is 9.92. The molecule has 6 heteroatoms. The Morgan fingerprint density at radius 3 is 2.42 bits per heavy atom. The van der Waals surface area contributed by atoms with Gasteiger partial charge in [-0.3, -0.25) is 9.59 Å². The lowest BCUT2D eigenvalue weighted by Gasteiger charge is -2.36. The topological polar surface area (TPSA) is 75.4 Å². The molecule has 3 rings (SSSR count). The molecule has 1 saturated carbocycles. The van der Waals surface area contributed by atoms with Gasteiger partial charge in [0.05, 0.1) is 11.2 Å². The van der Waals surface area contributed by atoms with Gasteiger partial charge in [0.25, 0.3) is 0 Å². The van der Waals surface area contributed by atoms with Gasteiger partial charge >= 0.3 is 0 Å². The molecular formula is C18H24BrN3O2. The Bertz CT molecular complexity index is 620. The fourth-order valence-corrected chi connectivity index (χ4v) is 4.06. The molecule has 1 aromatic carbocycles. The van der Waals surface area contributed by atoms with Gasteiger partial charge in [-0.2, -0.15) is 0 Å². The molecule has 1 aliphatic carbocycles. The van der Waals surface area contributed by atoms with Gasteiger partial charge in [-0.15, -0.1) is 0 Å². The zero-order valence-electron chi connectivity index (χ0n) is 13.8. The van der Waals surface area contributed by atoms with Crippen LogP contribution in [0, 0.1) is 5.92 Å². The zero-order valence-corrected chi connectivity index (χ0v) is 15.3. The molecule has 24 heavy (non-hydrogen) atoms. The molecule has 0 unspecified atom stereocenters. The second-order valence-corrected chi connectivity index (χ2v) is 7.75. The predicted octanol–water partition coefficient (Wildman–Crippen LogP) is 2.90. The van der Waals surface area contributed by atoms with E-state index >= 15 is 0 Å². The SMILES string of the molecule is NC1(C(=O)N2CCC(C(=O)Nc3ccccc3Br)CC2)CCCC1. The maximum absolute atomic E-state index is 12.6. The highest BCUT2D eigenvalue weighted by Gasteiger charge is 2.41. The largest absolute Gasteiger partial charge is 0.341 e. The number of nitrogens with one attached hydrogen (secondary N) is 1. The summed E-state index contributed by atoms with van der Waals surface area (Å²) in [4.78, 5) is 26.9. The van der Waals surface area contributed by atoms with Crippen molar-refractivity contribution in [1.29, 1.82) is 0 Å². The number of carbonyl (C=O) groups excluding carboxylic acids is 2. The summed E-state index contributed by atoms with van der Waals surface area (Å²) in [6.45, 7) is 1.23. The van der Waals surface area contributed by atoms with Crippen LogP contribution in [-0.2, 0) is 9.59 Å². The summed E-state index contributed by atoms with van der Waals surface area (Å²) < 4.78 is 0.872. The third-order valence-electron chi connectivity index (χ3n) is 5.21. The molecule has 1 heterocycles. The monoisotopic (exact) mass is 393 g/mol. The van der Waals surface area contributed by atoms with Gasteiger partial charge in [-0.25, -0.2) is 0 Å². The molecule has 130 valence electrons. The smallest absolute Gasteiger partial charge is 0.242 e. The van der Waals surface area contributed by atoms with Crippen molar-refractivity contribution >= 4 is 33.4 Å². The lowest BCUT2D eigenvalue weighted by Crippen LogP contribution is -2.55. The second-order valence-electron chi connectivity index (χ2n) is 6.90. The summed E-state index contributed by atoms with van der Waals surface area (Å²) in [7, 11) is 0. The van der Waals surface area contributed by atoms with Crippen LogP contribution in [0.1, 0.15) is 38.5 Å². The number of amides is 2. The van der Waals surface area contributed by atoms with E-state index in [2.05, 4.69) is 21.2 Å². The van der Waals surface area contributed by atoms with E-state index in [-0.39, 0.29) is 17.7 Å². The van der Waals surface area contributed by atoms with Gasteiger partial charge in [-0.05, 0) is 53.7 Å². The quantitative estimate of drug-likeness (QED) is 0.828. The number of rotatable bonds is 3. The molecule has 5 nitrogen and oxygen atoms in total. The Kier molecular flexibility index (Phi) is 5.25. The summed E-state index contributed by atoms with van der Waals surface area (Å²) >= 11 is 3.44. The van der Waals surface area contributed by atoms with Crippen LogP contribution in [0.3, 0.4) is 0 Å². The average Bonchev–Trinajstić information content (AvgIpc) is 3.04. The molecule has 3 N–H and O–H groups in total. The van der Waals surface area contributed by atoms with Crippen LogP contribution in [0.15, 0.2) is 28.7 Å². The van der Waals surface area contributed by atoms with Crippen molar-refractivity contribution < 1.29 is 9.59 Å². The van der Waals surface area contributed by atoms with E-state index in [0.29, 0.717) is 25.9 Å². The first kappa shape index (κ1) is 17.4. The van der Waals surface area contributed by atoms with Gasteiger partial charge in [0.1, 0.15) is 0 Å². The molecule has 1 saturated heterocycles. The third-order valence-corrected chi connectivity index (χ3v) is 5.90. The Labute approximate surface area is 151 Å². The van der Waals surface area contributed by atoms with Crippen molar-refractivity contribution in [1.82, 2.24) is 4.90 Å². The molecule has 0 atom stereocenters. The zero-order chi connectivity index (χ0) is 17.2. The predicted molar refractivity (Wildman–Crippen MR) is 97.5 cm³/mol. The molecule has 2 amide bonds. The fraction of sp³-hybridized carbons (Fsp3) is 0.556. The van der Waals surface area contributed by atoms with Crippen LogP contribution in [0.4, 0.5) is 5.69 Å². The van der Waals surface area contributed by atoms with Crippen molar-refractivity contribution in [2.75, 3.05) is 18.4 Å². The summed E-state index contributed by atoms with van der Waals surface area (Å²) in [6.07, 6.45) is 5.03. The number of carbonyl (C=O) groups is 2. The van der Waals surface area contributed by atoms with E-state index < -0.39 is 5.54 Å². The van der Waals surface area contributed by atoms with Gasteiger partial charge in [0, 0.05) is 23.5 Å². The van der Waals surface area contributed by atoms with E-state index in [0.717, 1.165) is 35.8 Å². The van der Waals surface area contributed by atoms with Gasteiger partial charge < -0.3 is 16.0 Å². The lowest BCUT2D eigenvalue weighted by molar-refractivity contribution is -0.139. The Morgan fingerprint density at radius 1 is 1.17 bits per heavy atom. The number of benzene rings is 1. The number of hydrogen-bond donors (Lipinski definition) is 2. The summed E-state index contributed by atoms with van der Waals surface area (Å²) in [6, 6.07) is 7.58. The molecule has 0 radical (unpaired) electrons. The Hall–Kier alpha value is -1.40. The highest BCUT2D eigenvalue weighted by Crippen LogP contribution is 2.31. The van der Waals surface area contributed by atoms with Crippen molar-refractivity contribution in [3.8, 4) is 0 Å². The Morgan fingerprint density at radius 2 is 1.79 bits per heavy atom. The summed E-state index contributed by atoms with van der Waals surface area (Å²) in [5.74, 6) is 0.0421. The number of anilines is 1. The highest BCUT2D eigenvalue weighted by atomic mass is 79.9. The van der Waals surface area contributed by atoms with E-state index in [1.165, 1.54) is 0 Å². The molecule has 2 fully saturated rings. The molecule has 0 spiro atoms. The van der Waals surface area contributed by atoms with Gasteiger partial charge in [-0.1, -0.05) is 25.0 Å². The third kappa shape index (κ3) is 3.64. The number of hydrogen-bond acceptors (Lipinski definition) is 3. The molecule has 0 aromatic heterocycles. The normalized spacial score (nSPS) is 20.8. The van der Waals surface area contributed by atoms with Crippen LogP contribution < -0.4 is 11.1 Å². The minimum absolute atomic E-state index is 0.0253. The minimum atomic E-state index is -0.663.